The van der Waals surface area contributed by atoms with E-state index in [0.29, 0.717) is 6.42 Å². The molecule has 1 aromatic carbocycles. The lowest BCUT2D eigenvalue weighted by Crippen LogP contribution is -2.15. The Hall–Kier alpha value is -1.92. The van der Waals surface area contributed by atoms with E-state index in [9.17, 15) is 18.0 Å². The summed E-state index contributed by atoms with van der Waals surface area (Å²) in [5.74, 6) is 0. The Morgan fingerprint density at radius 2 is 2.11 bits per heavy atom. The molecular weight excluding hydrogens is 249 g/mol. The maximum Gasteiger partial charge on any atom is 0.418 e. The number of hydrogen-bond donors (Lipinski definition) is 2. The van der Waals surface area contributed by atoms with Crippen molar-refractivity contribution in [2.75, 3.05) is 17.7 Å². The molecule has 0 saturated heterocycles. The molecule has 0 spiro atoms. The van der Waals surface area contributed by atoms with E-state index in [2.05, 4.69) is 10.1 Å². The molecule has 0 heterocycles. The molecule has 1 amide bonds. The van der Waals surface area contributed by atoms with Crippen molar-refractivity contribution in [1.82, 2.24) is 0 Å². The summed E-state index contributed by atoms with van der Waals surface area (Å²) in [6.07, 6.45) is -4.73. The van der Waals surface area contributed by atoms with Gasteiger partial charge in [0.25, 0.3) is 0 Å². The highest BCUT2D eigenvalue weighted by molar-refractivity contribution is 5.85. The number of carbonyl (C=O) groups excluding carboxylic acids is 1. The summed E-state index contributed by atoms with van der Waals surface area (Å²) in [5, 5.41) is 2.20. The third-order valence-electron chi connectivity index (χ3n) is 2.04. The first-order valence-corrected chi connectivity index (χ1v) is 5.25. The first kappa shape index (κ1) is 14.1. The van der Waals surface area contributed by atoms with Gasteiger partial charge in [0.05, 0.1) is 12.2 Å². The quantitative estimate of drug-likeness (QED) is 0.822. The van der Waals surface area contributed by atoms with Gasteiger partial charge in [0, 0.05) is 11.4 Å². The van der Waals surface area contributed by atoms with Crippen LogP contribution in [0.5, 0.6) is 0 Å². The standard InChI is InChI=1S/C11H13F3N2O2/c1-2-5-18-10(17)16-7-3-4-9(15)8(6-7)11(12,13)14/h3-4,6H,2,5,15H2,1H3,(H,16,17). The molecule has 3 N–H and O–H groups in total. The lowest BCUT2D eigenvalue weighted by atomic mass is 10.1. The summed E-state index contributed by atoms with van der Waals surface area (Å²) in [6.45, 7) is 2.01. The van der Waals surface area contributed by atoms with Gasteiger partial charge in [-0.25, -0.2) is 4.79 Å². The number of alkyl halides is 3. The zero-order valence-corrected chi connectivity index (χ0v) is 9.67. The number of nitrogens with two attached hydrogens (primary N) is 1. The highest BCUT2D eigenvalue weighted by atomic mass is 19.4. The van der Waals surface area contributed by atoms with Gasteiger partial charge in [-0.05, 0) is 24.6 Å². The summed E-state index contributed by atoms with van der Waals surface area (Å²) in [4.78, 5) is 11.2. The fourth-order valence-electron chi connectivity index (χ4n) is 1.23. The molecular formula is C11H13F3N2O2. The van der Waals surface area contributed by atoms with Crippen LogP contribution < -0.4 is 11.1 Å². The topological polar surface area (TPSA) is 64.3 Å². The molecule has 4 nitrogen and oxygen atoms in total. The van der Waals surface area contributed by atoms with Gasteiger partial charge in [-0.15, -0.1) is 0 Å². The molecule has 18 heavy (non-hydrogen) atoms. The fourth-order valence-corrected chi connectivity index (χ4v) is 1.23. The number of carbonyl (C=O) groups is 1. The minimum Gasteiger partial charge on any atom is -0.449 e. The number of anilines is 2. The number of nitrogens with one attached hydrogen (secondary N) is 1. The third kappa shape index (κ3) is 3.83. The summed E-state index contributed by atoms with van der Waals surface area (Å²) >= 11 is 0. The zero-order chi connectivity index (χ0) is 13.8. The smallest absolute Gasteiger partial charge is 0.418 e. The first-order valence-electron chi connectivity index (χ1n) is 5.25. The second-order valence-electron chi connectivity index (χ2n) is 3.56. The summed E-state index contributed by atoms with van der Waals surface area (Å²) in [6, 6.07) is 3.12. The van der Waals surface area contributed by atoms with Crippen molar-refractivity contribution >= 4 is 17.5 Å². The molecule has 0 saturated carbocycles. The van der Waals surface area contributed by atoms with Crippen LogP contribution in [0.15, 0.2) is 18.2 Å². The Balaban J connectivity index is 2.83. The SMILES string of the molecule is CCCOC(=O)Nc1ccc(N)c(C(F)(F)F)c1. The van der Waals surface area contributed by atoms with Crippen LogP contribution in [0.3, 0.4) is 0 Å². The normalized spacial score (nSPS) is 11.1. The maximum atomic E-state index is 12.5. The number of hydrogen-bond acceptors (Lipinski definition) is 3. The second kappa shape index (κ2) is 5.61. The van der Waals surface area contributed by atoms with E-state index in [1.54, 1.807) is 6.92 Å². The van der Waals surface area contributed by atoms with Crippen LogP contribution in [0.1, 0.15) is 18.9 Å². The van der Waals surface area contributed by atoms with Crippen LogP contribution in [-0.2, 0) is 10.9 Å². The Morgan fingerprint density at radius 3 is 2.67 bits per heavy atom. The van der Waals surface area contributed by atoms with E-state index in [4.69, 9.17) is 5.73 Å². The van der Waals surface area contributed by atoms with Gasteiger partial charge >= 0.3 is 12.3 Å². The molecule has 100 valence electrons. The molecule has 0 aromatic heterocycles. The maximum absolute atomic E-state index is 12.5. The lowest BCUT2D eigenvalue weighted by molar-refractivity contribution is -0.136. The number of benzene rings is 1. The van der Waals surface area contributed by atoms with Crippen LogP contribution >= 0.6 is 0 Å². The van der Waals surface area contributed by atoms with E-state index in [1.807, 2.05) is 0 Å². The van der Waals surface area contributed by atoms with Crippen LogP contribution in [0.4, 0.5) is 29.3 Å². The van der Waals surface area contributed by atoms with Crippen LogP contribution in [0.2, 0.25) is 0 Å². The number of ether oxygens (including phenoxy) is 1. The van der Waals surface area contributed by atoms with Crippen LogP contribution in [0, 0.1) is 0 Å². The van der Waals surface area contributed by atoms with Gasteiger partial charge < -0.3 is 10.5 Å². The fraction of sp³-hybridized carbons (Fsp3) is 0.364. The van der Waals surface area contributed by atoms with Gasteiger partial charge in [0.1, 0.15) is 0 Å². The third-order valence-corrected chi connectivity index (χ3v) is 2.04. The number of halogens is 3. The largest absolute Gasteiger partial charge is 0.449 e. The van der Waals surface area contributed by atoms with Crippen molar-refractivity contribution in [3.63, 3.8) is 0 Å². The Bertz CT molecular complexity index is 433. The van der Waals surface area contributed by atoms with Crippen molar-refractivity contribution < 1.29 is 22.7 Å². The van der Waals surface area contributed by atoms with Gasteiger partial charge in [-0.3, -0.25) is 5.32 Å². The highest BCUT2D eigenvalue weighted by Crippen LogP contribution is 2.35. The predicted octanol–water partition coefficient (Wildman–Crippen LogP) is 3.25. The minimum atomic E-state index is -4.56. The molecule has 0 atom stereocenters. The Kier molecular flexibility index (Phi) is 4.41. The first-order chi connectivity index (χ1) is 8.34. The molecule has 0 unspecified atom stereocenters. The van der Waals surface area contributed by atoms with Gasteiger partial charge in [0.2, 0.25) is 0 Å². The van der Waals surface area contributed by atoms with Gasteiger partial charge in [-0.1, -0.05) is 6.92 Å². The molecule has 0 fully saturated rings. The molecule has 0 bridgehead atoms. The highest BCUT2D eigenvalue weighted by Gasteiger charge is 2.33. The van der Waals surface area contributed by atoms with Crippen LogP contribution in [0.25, 0.3) is 0 Å². The second-order valence-corrected chi connectivity index (χ2v) is 3.56. The summed E-state index contributed by atoms with van der Waals surface area (Å²) < 4.78 is 42.3. The average molecular weight is 262 g/mol. The van der Waals surface area contributed by atoms with Gasteiger partial charge in [-0.2, -0.15) is 13.2 Å². The van der Waals surface area contributed by atoms with Crippen molar-refractivity contribution in [3.05, 3.63) is 23.8 Å². The monoisotopic (exact) mass is 262 g/mol. The van der Waals surface area contributed by atoms with E-state index in [1.165, 1.54) is 6.07 Å². The van der Waals surface area contributed by atoms with Crippen molar-refractivity contribution in [2.45, 2.75) is 19.5 Å². The van der Waals surface area contributed by atoms with E-state index < -0.39 is 23.5 Å². The number of amides is 1. The average Bonchev–Trinajstić information content (AvgIpc) is 2.27. The lowest BCUT2D eigenvalue weighted by Gasteiger charge is -2.12. The summed E-state index contributed by atoms with van der Waals surface area (Å²) in [7, 11) is 0. The molecule has 0 aliphatic rings. The summed E-state index contributed by atoms with van der Waals surface area (Å²) in [5.41, 5.74) is 3.82. The molecule has 0 aliphatic heterocycles. The van der Waals surface area contributed by atoms with Crippen molar-refractivity contribution in [3.8, 4) is 0 Å². The molecule has 1 aromatic rings. The molecule has 7 heteroatoms. The molecule has 0 radical (unpaired) electrons. The van der Waals surface area contributed by atoms with E-state index in [-0.39, 0.29) is 12.3 Å². The Labute approximate surface area is 102 Å². The predicted molar refractivity (Wildman–Crippen MR) is 61.1 cm³/mol. The van der Waals surface area contributed by atoms with E-state index in [0.717, 1.165) is 12.1 Å². The van der Waals surface area contributed by atoms with E-state index >= 15 is 0 Å². The van der Waals surface area contributed by atoms with Gasteiger partial charge in [0.15, 0.2) is 0 Å². The number of rotatable bonds is 3. The van der Waals surface area contributed by atoms with Crippen LogP contribution in [-0.4, -0.2) is 12.7 Å². The van der Waals surface area contributed by atoms with Crippen molar-refractivity contribution in [2.24, 2.45) is 0 Å². The van der Waals surface area contributed by atoms with Crippen molar-refractivity contribution in [1.29, 1.82) is 0 Å². The minimum absolute atomic E-state index is 0.0161. The number of nitrogen functional groups attached to an aromatic ring is 1. The Morgan fingerprint density at radius 1 is 1.44 bits per heavy atom. The zero-order valence-electron chi connectivity index (χ0n) is 9.67. The molecule has 1 rings (SSSR count). The molecule has 0 aliphatic carbocycles.